The highest BCUT2D eigenvalue weighted by Gasteiger charge is 2.27. The summed E-state index contributed by atoms with van der Waals surface area (Å²) in [4.78, 5) is 11.5. The van der Waals surface area contributed by atoms with Gasteiger partial charge in [0, 0.05) is 19.6 Å². The van der Waals surface area contributed by atoms with Crippen LogP contribution in [0.5, 0.6) is 0 Å². The Kier molecular flexibility index (Phi) is 4.54. The van der Waals surface area contributed by atoms with E-state index in [4.69, 9.17) is 0 Å². The molecule has 3 N–H and O–H groups in total. The van der Waals surface area contributed by atoms with E-state index in [9.17, 15) is 4.79 Å². The first-order valence-corrected chi connectivity index (χ1v) is 5.72. The van der Waals surface area contributed by atoms with Crippen molar-refractivity contribution in [3.05, 3.63) is 0 Å². The van der Waals surface area contributed by atoms with Gasteiger partial charge in [-0.1, -0.05) is 0 Å². The van der Waals surface area contributed by atoms with Crippen LogP contribution in [-0.2, 0) is 4.79 Å². The monoisotopic (exact) mass is 213 g/mol. The number of carbonyl (C=O) groups is 1. The largest absolute Gasteiger partial charge is 0.359 e. The number of hydrogen-bond donors (Lipinski definition) is 3. The quantitative estimate of drug-likeness (QED) is 0.621. The smallest absolute Gasteiger partial charge is 0.226 e. The molecule has 88 valence electrons. The van der Waals surface area contributed by atoms with Crippen LogP contribution in [0, 0.1) is 5.41 Å². The normalized spacial score (nSPS) is 18.9. The third-order valence-corrected chi connectivity index (χ3v) is 3.01. The van der Waals surface area contributed by atoms with Gasteiger partial charge in [0.05, 0.1) is 5.41 Å². The highest BCUT2D eigenvalue weighted by atomic mass is 16.2. The SMILES string of the molecule is CNC(=O)C(C)(C)CNC1CCNCC1. The van der Waals surface area contributed by atoms with Gasteiger partial charge in [0.1, 0.15) is 0 Å². The fraction of sp³-hybridized carbons (Fsp3) is 0.909. The molecule has 0 spiro atoms. The zero-order chi connectivity index (χ0) is 11.3. The molecule has 1 fully saturated rings. The van der Waals surface area contributed by atoms with Gasteiger partial charge in [-0.05, 0) is 39.8 Å². The molecule has 0 aromatic rings. The number of carbonyl (C=O) groups excluding carboxylic acids is 1. The second kappa shape index (κ2) is 5.47. The molecule has 0 atom stereocenters. The van der Waals surface area contributed by atoms with Gasteiger partial charge in [-0.2, -0.15) is 0 Å². The minimum Gasteiger partial charge on any atom is -0.359 e. The van der Waals surface area contributed by atoms with Crippen LogP contribution in [0.3, 0.4) is 0 Å². The molecule has 15 heavy (non-hydrogen) atoms. The van der Waals surface area contributed by atoms with Crippen LogP contribution in [-0.4, -0.2) is 38.6 Å². The Balaban J connectivity index is 2.31. The van der Waals surface area contributed by atoms with Gasteiger partial charge in [0.2, 0.25) is 5.91 Å². The lowest BCUT2D eigenvalue weighted by atomic mass is 9.91. The van der Waals surface area contributed by atoms with Crippen molar-refractivity contribution in [2.75, 3.05) is 26.7 Å². The molecule has 4 heteroatoms. The Morgan fingerprint density at radius 1 is 1.40 bits per heavy atom. The summed E-state index contributed by atoms with van der Waals surface area (Å²) in [6, 6.07) is 0.565. The predicted molar refractivity (Wildman–Crippen MR) is 61.7 cm³/mol. The van der Waals surface area contributed by atoms with E-state index < -0.39 is 0 Å². The second-order valence-corrected chi connectivity index (χ2v) is 4.87. The van der Waals surface area contributed by atoms with Crippen molar-refractivity contribution in [3.8, 4) is 0 Å². The molecule has 1 aliphatic rings. The number of piperidine rings is 1. The van der Waals surface area contributed by atoms with E-state index >= 15 is 0 Å². The van der Waals surface area contributed by atoms with Crippen LogP contribution in [0.25, 0.3) is 0 Å². The third-order valence-electron chi connectivity index (χ3n) is 3.01. The summed E-state index contributed by atoms with van der Waals surface area (Å²) in [6.07, 6.45) is 2.31. The molecule has 0 aliphatic carbocycles. The molecule has 1 heterocycles. The van der Waals surface area contributed by atoms with E-state index in [0.29, 0.717) is 6.04 Å². The van der Waals surface area contributed by atoms with Crippen LogP contribution in [0.15, 0.2) is 0 Å². The van der Waals surface area contributed by atoms with Gasteiger partial charge >= 0.3 is 0 Å². The molecule has 0 saturated carbocycles. The number of nitrogens with one attached hydrogen (secondary N) is 3. The highest BCUT2D eigenvalue weighted by molar-refractivity contribution is 5.81. The van der Waals surface area contributed by atoms with Crippen LogP contribution in [0.4, 0.5) is 0 Å². The number of amides is 1. The van der Waals surface area contributed by atoms with E-state index in [-0.39, 0.29) is 11.3 Å². The first-order chi connectivity index (χ1) is 7.06. The fourth-order valence-corrected chi connectivity index (χ4v) is 1.84. The molecule has 4 nitrogen and oxygen atoms in total. The molecule has 0 aromatic carbocycles. The van der Waals surface area contributed by atoms with E-state index in [2.05, 4.69) is 16.0 Å². The minimum absolute atomic E-state index is 0.101. The summed E-state index contributed by atoms with van der Waals surface area (Å²) in [6.45, 7) is 6.85. The van der Waals surface area contributed by atoms with Gasteiger partial charge in [-0.25, -0.2) is 0 Å². The van der Waals surface area contributed by atoms with Gasteiger partial charge in [0.15, 0.2) is 0 Å². The van der Waals surface area contributed by atoms with Crippen LogP contribution in [0.1, 0.15) is 26.7 Å². The fourth-order valence-electron chi connectivity index (χ4n) is 1.84. The summed E-state index contributed by atoms with van der Waals surface area (Å²) in [5.74, 6) is 0.101. The zero-order valence-corrected chi connectivity index (χ0v) is 10.0. The number of hydrogen-bond acceptors (Lipinski definition) is 3. The van der Waals surface area contributed by atoms with Gasteiger partial charge in [0.25, 0.3) is 0 Å². The predicted octanol–water partition coefficient (Wildman–Crippen LogP) is 0.100. The van der Waals surface area contributed by atoms with Crippen LogP contribution >= 0.6 is 0 Å². The standard InChI is InChI=1S/C11H23N3O/c1-11(2,10(15)12-3)8-14-9-4-6-13-7-5-9/h9,13-14H,4-8H2,1-3H3,(H,12,15). The van der Waals surface area contributed by atoms with Crippen molar-refractivity contribution in [1.29, 1.82) is 0 Å². The third kappa shape index (κ3) is 3.80. The number of rotatable bonds is 4. The summed E-state index contributed by atoms with van der Waals surface area (Å²) < 4.78 is 0. The lowest BCUT2D eigenvalue weighted by molar-refractivity contribution is -0.128. The topological polar surface area (TPSA) is 53.2 Å². The molecule has 1 saturated heterocycles. The molecule has 1 aliphatic heterocycles. The molecule has 1 amide bonds. The Morgan fingerprint density at radius 2 is 2.00 bits per heavy atom. The zero-order valence-electron chi connectivity index (χ0n) is 10.0. The molecule has 0 unspecified atom stereocenters. The maximum Gasteiger partial charge on any atom is 0.226 e. The van der Waals surface area contributed by atoms with Gasteiger partial charge < -0.3 is 16.0 Å². The Morgan fingerprint density at radius 3 is 2.53 bits per heavy atom. The highest BCUT2D eigenvalue weighted by Crippen LogP contribution is 2.14. The average molecular weight is 213 g/mol. The lowest BCUT2D eigenvalue weighted by Crippen LogP contribution is -2.47. The van der Waals surface area contributed by atoms with Crippen LogP contribution < -0.4 is 16.0 Å². The first-order valence-electron chi connectivity index (χ1n) is 5.72. The van der Waals surface area contributed by atoms with E-state index in [1.54, 1.807) is 7.05 Å². The Hall–Kier alpha value is -0.610. The van der Waals surface area contributed by atoms with Gasteiger partial charge in [-0.15, -0.1) is 0 Å². The molecule has 0 radical (unpaired) electrons. The van der Waals surface area contributed by atoms with Crippen molar-refractivity contribution in [1.82, 2.24) is 16.0 Å². The second-order valence-electron chi connectivity index (χ2n) is 4.87. The van der Waals surface area contributed by atoms with Gasteiger partial charge in [-0.3, -0.25) is 4.79 Å². The summed E-state index contributed by atoms with van der Waals surface area (Å²) >= 11 is 0. The summed E-state index contributed by atoms with van der Waals surface area (Å²) in [5, 5.41) is 9.50. The summed E-state index contributed by atoms with van der Waals surface area (Å²) in [7, 11) is 1.69. The average Bonchev–Trinajstić information content (AvgIpc) is 2.27. The molecule has 0 bridgehead atoms. The van der Waals surface area contributed by atoms with Crippen LogP contribution in [0.2, 0.25) is 0 Å². The lowest BCUT2D eigenvalue weighted by Gasteiger charge is -2.29. The van der Waals surface area contributed by atoms with Crippen molar-refractivity contribution in [2.24, 2.45) is 5.41 Å². The first kappa shape index (κ1) is 12.5. The summed E-state index contributed by atoms with van der Waals surface area (Å²) in [5.41, 5.74) is -0.320. The molecule has 0 aromatic heterocycles. The Labute approximate surface area is 92.2 Å². The van der Waals surface area contributed by atoms with Crippen molar-refractivity contribution in [3.63, 3.8) is 0 Å². The van der Waals surface area contributed by atoms with Crippen molar-refractivity contribution in [2.45, 2.75) is 32.7 Å². The minimum atomic E-state index is -0.320. The maximum atomic E-state index is 11.5. The Bertz CT molecular complexity index is 210. The van der Waals surface area contributed by atoms with Crippen molar-refractivity contribution >= 4 is 5.91 Å². The van der Waals surface area contributed by atoms with Crippen molar-refractivity contribution < 1.29 is 4.79 Å². The molecular formula is C11H23N3O. The molecule has 1 rings (SSSR count). The van der Waals surface area contributed by atoms with E-state index in [0.717, 1.165) is 32.5 Å². The molecular weight excluding hydrogens is 190 g/mol. The van der Waals surface area contributed by atoms with E-state index in [1.165, 1.54) is 0 Å². The van der Waals surface area contributed by atoms with E-state index in [1.807, 2.05) is 13.8 Å². The maximum absolute atomic E-state index is 11.5.